The molecule has 1 fully saturated rings. The van der Waals surface area contributed by atoms with E-state index in [1.54, 1.807) is 19.5 Å². The molecule has 2 rings (SSSR count). The van der Waals surface area contributed by atoms with E-state index in [1.165, 1.54) is 0 Å². The number of piperazine rings is 1. The van der Waals surface area contributed by atoms with Crippen LogP contribution in [0.3, 0.4) is 0 Å². The Morgan fingerprint density at radius 3 is 2.54 bits per heavy atom. The van der Waals surface area contributed by atoms with Crippen molar-refractivity contribution in [2.75, 3.05) is 71.1 Å². The maximum Gasteiger partial charge on any atom is 0.225 e. The zero-order chi connectivity index (χ0) is 17.7. The predicted molar refractivity (Wildman–Crippen MR) is 115 cm³/mol. The van der Waals surface area contributed by atoms with Crippen LogP contribution in [0.4, 0.5) is 5.95 Å². The molecule has 0 saturated carbocycles. The molecular formula is C17H31IN6O2. The summed E-state index contributed by atoms with van der Waals surface area (Å²) in [6.45, 7) is 9.34. The topological polar surface area (TPSA) is 75.1 Å². The Kier molecular flexibility index (Phi) is 12.2. The van der Waals surface area contributed by atoms with E-state index in [9.17, 15) is 0 Å². The minimum atomic E-state index is 0. The number of nitrogens with one attached hydrogen (secondary N) is 1. The van der Waals surface area contributed by atoms with Crippen LogP contribution in [0.25, 0.3) is 0 Å². The van der Waals surface area contributed by atoms with E-state index in [0.717, 1.165) is 57.6 Å². The van der Waals surface area contributed by atoms with Crippen molar-refractivity contribution in [2.24, 2.45) is 4.99 Å². The second kappa shape index (κ2) is 13.9. The molecule has 8 nitrogen and oxygen atoms in total. The zero-order valence-corrected chi connectivity index (χ0v) is 18.1. The summed E-state index contributed by atoms with van der Waals surface area (Å²) < 4.78 is 10.4. The van der Waals surface area contributed by atoms with Gasteiger partial charge in [-0.3, -0.25) is 4.99 Å². The number of aliphatic imine (C=N–C) groups is 1. The highest BCUT2D eigenvalue weighted by Gasteiger charge is 2.20. The van der Waals surface area contributed by atoms with Crippen molar-refractivity contribution >= 4 is 35.9 Å². The molecule has 0 radical (unpaired) electrons. The smallest absolute Gasteiger partial charge is 0.225 e. The predicted octanol–water partition coefficient (Wildman–Crippen LogP) is 1.24. The Balaban J connectivity index is 0.00000338. The summed E-state index contributed by atoms with van der Waals surface area (Å²) in [5.41, 5.74) is 0. The lowest BCUT2D eigenvalue weighted by atomic mass is 10.3. The third kappa shape index (κ3) is 8.00. The van der Waals surface area contributed by atoms with Crippen LogP contribution in [0.15, 0.2) is 23.5 Å². The molecule has 0 spiro atoms. The number of rotatable bonds is 9. The van der Waals surface area contributed by atoms with Crippen LogP contribution in [0.5, 0.6) is 0 Å². The van der Waals surface area contributed by atoms with Gasteiger partial charge in [0.25, 0.3) is 0 Å². The molecule has 1 saturated heterocycles. The first-order valence-electron chi connectivity index (χ1n) is 8.97. The normalized spacial score (nSPS) is 14.9. The standard InChI is InChI=1S/C17H30N6O2.HI/c1-3-18-16(21-8-5-13-25-15-14-24-2)22-9-11-23(12-10-22)17-19-6-4-7-20-17;/h4,6-7H,3,5,8-15H2,1-2H3,(H,18,21);1H. The molecule has 9 heteroatoms. The van der Waals surface area contributed by atoms with E-state index in [0.29, 0.717) is 19.8 Å². The SMILES string of the molecule is CCNC(=NCCCOCCOC)N1CCN(c2ncccn2)CC1.I. The number of nitrogens with zero attached hydrogens (tertiary/aromatic N) is 5. The quantitative estimate of drug-likeness (QED) is 0.248. The van der Waals surface area contributed by atoms with Crippen molar-refractivity contribution in [1.82, 2.24) is 20.2 Å². The Hall–Kier alpha value is -1.20. The van der Waals surface area contributed by atoms with Gasteiger partial charge in [0, 0.05) is 65.4 Å². The summed E-state index contributed by atoms with van der Waals surface area (Å²) in [7, 11) is 1.68. The molecule has 1 aliphatic rings. The van der Waals surface area contributed by atoms with Gasteiger partial charge in [0.05, 0.1) is 13.2 Å². The third-order valence-electron chi connectivity index (χ3n) is 3.89. The molecule has 148 valence electrons. The Labute approximate surface area is 173 Å². The van der Waals surface area contributed by atoms with Crippen LogP contribution in [0.2, 0.25) is 0 Å². The first kappa shape index (κ1) is 22.8. The largest absolute Gasteiger partial charge is 0.382 e. The molecule has 2 heterocycles. The summed E-state index contributed by atoms with van der Waals surface area (Å²) in [6, 6.07) is 1.84. The monoisotopic (exact) mass is 478 g/mol. The number of ether oxygens (including phenoxy) is 2. The molecule has 1 aromatic heterocycles. The number of hydrogen-bond donors (Lipinski definition) is 1. The average molecular weight is 478 g/mol. The van der Waals surface area contributed by atoms with Gasteiger partial charge >= 0.3 is 0 Å². The van der Waals surface area contributed by atoms with Crippen LogP contribution in [0, 0.1) is 0 Å². The zero-order valence-electron chi connectivity index (χ0n) is 15.8. The highest BCUT2D eigenvalue weighted by atomic mass is 127. The summed E-state index contributed by atoms with van der Waals surface area (Å²) >= 11 is 0. The average Bonchev–Trinajstić information content (AvgIpc) is 2.67. The molecule has 1 N–H and O–H groups in total. The number of hydrogen-bond acceptors (Lipinski definition) is 6. The summed E-state index contributed by atoms with van der Waals surface area (Å²) in [6.07, 6.45) is 4.49. The summed E-state index contributed by atoms with van der Waals surface area (Å²) in [4.78, 5) is 17.9. The van der Waals surface area contributed by atoms with Gasteiger partial charge in [0.1, 0.15) is 0 Å². The van der Waals surface area contributed by atoms with Crippen molar-refractivity contribution in [1.29, 1.82) is 0 Å². The van der Waals surface area contributed by atoms with Crippen molar-refractivity contribution in [3.05, 3.63) is 18.5 Å². The van der Waals surface area contributed by atoms with E-state index in [-0.39, 0.29) is 24.0 Å². The first-order valence-corrected chi connectivity index (χ1v) is 8.97. The van der Waals surface area contributed by atoms with Crippen LogP contribution >= 0.6 is 24.0 Å². The molecule has 26 heavy (non-hydrogen) atoms. The van der Waals surface area contributed by atoms with E-state index in [1.807, 2.05) is 6.07 Å². The number of methoxy groups -OCH3 is 1. The van der Waals surface area contributed by atoms with Crippen LogP contribution < -0.4 is 10.2 Å². The van der Waals surface area contributed by atoms with Crippen molar-refractivity contribution in [2.45, 2.75) is 13.3 Å². The van der Waals surface area contributed by atoms with Crippen molar-refractivity contribution < 1.29 is 9.47 Å². The van der Waals surface area contributed by atoms with Crippen LogP contribution in [0.1, 0.15) is 13.3 Å². The highest BCUT2D eigenvalue weighted by Crippen LogP contribution is 2.09. The van der Waals surface area contributed by atoms with E-state index in [2.05, 4.69) is 32.0 Å². The summed E-state index contributed by atoms with van der Waals surface area (Å²) in [5.74, 6) is 1.78. The lowest BCUT2D eigenvalue weighted by molar-refractivity contribution is 0.0702. The minimum Gasteiger partial charge on any atom is -0.382 e. The van der Waals surface area contributed by atoms with Crippen molar-refractivity contribution in [3.63, 3.8) is 0 Å². The number of halogens is 1. The second-order valence-corrected chi connectivity index (χ2v) is 5.72. The van der Waals surface area contributed by atoms with Gasteiger partial charge in [-0.05, 0) is 19.4 Å². The van der Waals surface area contributed by atoms with E-state index >= 15 is 0 Å². The molecule has 0 bridgehead atoms. The Bertz CT molecular complexity index is 497. The van der Waals surface area contributed by atoms with Gasteiger partial charge in [-0.15, -0.1) is 24.0 Å². The molecule has 1 aliphatic heterocycles. The lowest BCUT2D eigenvalue weighted by Crippen LogP contribution is -2.53. The van der Waals surface area contributed by atoms with Gasteiger partial charge in [-0.1, -0.05) is 0 Å². The fourth-order valence-corrected chi connectivity index (χ4v) is 2.59. The maximum absolute atomic E-state index is 5.48. The number of guanidine groups is 1. The van der Waals surface area contributed by atoms with Gasteiger partial charge in [-0.25, -0.2) is 9.97 Å². The Morgan fingerprint density at radius 2 is 1.88 bits per heavy atom. The van der Waals surface area contributed by atoms with Crippen LogP contribution in [-0.4, -0.2) is 87.0 Å². The molecule has 0 aromatic carbocycles. The third-order valence-corrected chi connectivity index (χ3v) is 3.89. The minimum absolute atomic E-state index is 0. The highest BCUT2D eigenvalue weighted by molar-refractivity contribution is 14.0. The maximum atomic E-state index is 5.48. The molecular weight excluding hydrogens is 447 g/mol. The molecule has 0 atom stereocenters. The van der Waals surface area contributed by atoms with Gasteiger partial charge in [-0.2, -0.15) is 0 Å². The van der Waals surface area contributed by atoms with Gasteiger partial charge in [0.2, 0.25) is 5.95 Å². The van der Waals surface area contributed by atoms with E-state index in [4.69, 9.17) is 14.5 Å². The van der Waals surface area contributed by atoms with Gasteiger partial charge < -0.3 is 24.6 Å². The van der Waals surface area contributed by atoms with Crippen molar-refractivity contribution in [3.8, 4) is 0 Å². The summed E-state index contributed by atoms with van der Waals surface area (Å²) in [5, 5.41) is 3.38. The van der Waals surface area contributed by atoms with Gasteiger partial charge in [0.15, 0.2) is 5.96 Å². The second-order valence-electron chi connectivity index (χ2n) is 5.72. The number of anilines is 1. The first-order chi connectivity index (χ1) is 12.3. The molecule has 0 amide bonds. The fourth-order valence-electron chi connectivity index (χ4n) is 2.59. The number of aromatic nitrogens is 2. The van der Waals surface area contributed by atoms with E-state index < -0.39 is 0 Å². The molecule has 0 unspecified atom stereocenters. The molecule has 1 aromatic rings. The molecule has 0 aliphatic carbocycles. The van der Waals surface area contributed by atoms with Crippen LogP contribution in [-0.2, 0) is 9.47 Å². The lowest BCUT2D eigenvalue weighted by Gasteiger charge is -2.36. The fraction of sp³-hybridized carbons (Fsp3) is 0.706. The Morgan fingerprint density at radius 1 is 1.15 bits per heavy atom.